The van der Waals surface area contributed by atoms with Gasteiger partial charge in [0.25, 0.3) is 5.91 Å². The Bertz CT molecular complexity index is 4590. The summed E-state index contributed by atoms with van der Waals surface area (Å²) < 4.78 is 0. The Morgan fingerprint density at radius 2 is 0.583 bits per heavy atom. The van der Waals surface area contributed by atoms with Crippen LogP contribution in [0.3, 0.4) is 0 Å². The fraction of sp³-hybridized carbons (Fsp3) is 0.0971. The van der Waals surface area contributed by atoms with Gasteiger partial charge in [-0.05, 0) is 187 Å². The quantitative estimate of drug-likeness (QED) is 0.0478. The van der Waals surface area contributed by atoms with Gasteiger partial charge in [-0.25, -0.2) is 9.59 Å². The van der Waals surface area contributed by atoms with Crippen LogP contribution in [-0.2, 0) is 25.2 Å². The van der Waals surface area contributed by atoms with Crippen molar-refractivity contribution >= 4 is 141 Å². The van der Waals surface area contributed by atoms with E-state index in [-0.39, 0.29) is 31.9 Å². The van der Waals surface area contributed by atoms with Gasteiger partial charge in [-0.3, -0.25) is 4.79 Å². The summed E-state index contributed by atoms with van der Waals surface area (Å²) in [5.74, 6) is -1.76. The van der Waals surface area contributed by atoms with Gasteiger partial charge in [0.2, 0.25) is 0 Å². The Morgan fingerprint density at radius 1 is 0.348 bits per heavy atom. The maximum absolute atomic E-state index is 13.6. The predicted molar refractivity (Wildman–Crippen MR) is 493 cm³/mol. The van der Waals surface area contributed by atoms with Crippen LogP contribution in [0.2, 0.25) is 0 Å². The maximum Gasteiger partial charge on any atom is 0.329 e. The Morgan fingerprint density at radius 3 is 0.817 bits per heavy atom. The normalized spacial score (nSPS) is 12.1. The number of amides is 3. The molecular formula is C103H95N3O4P4Pd. The van der Waals surface area contributed by atoms with Crippen molar-refractivity contribution in [3.05, 3.63) is 441 Å². The first-order chi connectivity index (χ1) is 55.9. The zero-order valence-electron chi connectivity index (χ0n) is 64.9. The molecule has 0 spiro atoms. The zero-order valence-corrected chi connectivity index (χ0v) is 70.1. The summed E-state index contributed by atoms with van der Waals surface area (Å²) in [6, 6.07) is 144. The first-order valence-electron chi connectivity index (χ1n) is 38.6. The fourth-order valence-corrected chi connectivity index (χ4v) is 23.4. The van der Waals surface area contributed by atoms with Crippen LogP contribution < -0.4 is 79.6 Å². The Hall–Kier alpha value is -11.1. The largest absolute Gasteiger partial charge is 0.480 e. The second-order valence-corrected chi connectivity index (χ2v) is 36.6. The number of aryl methyl sites for hydroxylation is 2. The number of nitrogens with one attached hydrogen (secondary N) is 3. The van der Waals surface area contributed by atoms with Crippen LogP contribution >= 0.6 is 31.7 Å². The van der Waals surface area contributed by atoms with Crippen molar-refractivity contribution in [1.29, 1.82) is 0 Å². The molecule has 1 fully saturated rings. The molecule has 3 amide bonds. The number of carboxylic acid groups (broad SMARTS) is 1. The van der Waals surface area contributed by atoms with Crippen molar-refractivity contribution in [1.82, 2.24) is 5.32 Å². The number of hydrogen-bond acceptors (Lipinski definition) is 3. The van der Waals surface area contributed by atoms with Crippen LogP contribution in [-0.4, -0.2) is 28.6 Å². The smallest absolute Gasteiger partial charge is 0.329 e. The molecule has 1 aliphatic rings. The van der Waals surface area contributed by atoms with Gasteiger partial charge in [-0.1, -0.05) is 420 Å². The van der Waals surface area contributed by atoms with Crippen molar-refractivity contribution in [2.24, 2.45) is 5.92 Å². The minimum absolute atomic E-state index is 0. The van der Waals surface area contributed by atoms with Gasteiger partial charge < -0.3 is 21.1 Å². The van der Waals surface area contributed by atoms with E-state index in [1.165, 1.54) is 63.7 Å². The van der Waals surface area contributed by atoms with E-state index in [9.17, 15) is 19.5 Å². The molecule has 7 nitrogen and oxygen atoms in total. The number of aliphatic carboxylic acids is 1. The molecule has 1 aliphatic carbocycles. The number of rotatable bonds is 19. The van der Waals surface area contributed by atoms with E-state index in [0.717, 1.165) is 59.6 Å². The maximum atomic E-state index is 13.6. The number of carbonyl (C=O) groups is 3. The molecule has 4 N–H and O–H groups in total. The van der Waals surface area contributed by atoms with Crippen molar-refractivity contribution < 1.29 is 39.9 Å². The molecule has 1 unspecified atom stereocenters. The van der Waals surface area contributed by atoms with Crippen molar-refractivity contribution in [3.8, 4) is 0 Å². The molecule has 115 heavy (non-hydrogen) atoms. The predicted octanol–water partition coefficient (Wildman–Crippen LogP) is 20.7. The third-order valence-corrected chi connectivity index (χ3v) is 29.6. The van der Waals surface area contributed by atoms with Gasteiger partial charge >= 0.3 is 12.0 Å². The topological polar surface area (TPSA) is 108 Å². The minimum Gasteiger partial charge on any atom is -0.480 e. The van der Waals surface area contributed by atoms with Gasteiger partial charge in [0.1, 0.15) is 5.54 Å². The summed E-state index contributed by atoms with van der Waals surface area (Å²) in [6.07, 6.45) is 6.21. The Balaban J connectivity index is 0.000000147. The standard InChI is InChI=1S/C31H35N3O4.4C18H15P.Pd/c1-5-21-15-19(2)27(20(3)16-21)33-30(38)32-26-18-23-12-10-9-11-22(23)17-25(26)28(35)34-31(4,29(36)37)24-13-7-6-8-14-24;4*1-4-10-16(11-5-1)19(17-12-6-2-7-13-17)18-14-8-3-9-15-18;/h5,9-12,15-18,24H,1,6-8,13-14H2,2-4H3,(H,34,35)(H,36,37)(H2,32,33,38);4*1-15H;. The molecule has 12 heteroatoms. The Labute approximate surface area is 697 Å². The van der Waals surface area contributed by atoms with E-state index >= 15 is 0 Å². The average Bonchev–Trinajstić information content (AvgIpc) is 0.783. The molecule has 0 aliphatic heterocycles. The van der Waals surface area contributed by atoms with Gasteiger partial charge in [-0.2, -0.15) is 0 Å². The summed E-state index contributed by atoms with van der Waals surface area (Å²) in [5.41, 5.74) is 2.50. The monoisotopic (exact) mass is 1670 g/mol. The van der Waals surface area contributed by atoms with Crippen molar-refractivity contribution in [2.45, 2.75) is 58.4 Å². The molecule has 0 heterocycles. The summed E-state index contributed by atoms with van der Waals surface area (Å²) in [7, 11) is -1.78. The second-order valence-electron chi connectivity index (χ2n) is 27.7. The summed E-state index contributed by atoms with van der Waals surface area (Å²) in [6.45, 7) is 9.20. The summed E-state index contributed by atoms with van der Waals surface area (Å²) in [5, 5.41) is 37.1. The number of fused-ring (bicyclic) bond motifs is 1. The van der Waals surface area contributed by atoms with Crippen LogP contribution in [0, 0.1) is 19.8 Å². The molecule has 15 aromatic carbocycles. The van der Waals surface area contributed by atoms with E-state index in [1.54, 1.807) is 25.1 Å². The second kappa shape index (κ2) is 44.0. The van der Waals surface area contributed by atoms with E-state index < -0.39 is 55.1 Å². The summed E-state index contributed by atoms with van der Waals surface area (Å²) >= 11 is 0. The van der Waals surface area contributed by atoms with Crippen LogP contribution in [0.15, 0.2) is 419 Å². The van der Waals surface area contributed by atoms with Gasteiger partial charge in [-0.15, -0.1) is 0 Å². The fourth-order valence-electron chi connectivity index (χ4n) is 14.1. The molecular weight excluding hydrogens is 1570 g/mol. The van der Waals surface area contributed by atoms with E-state index in [2.05, 4.69) is 387 Å². The molecule has 0 bridgehead atoms. The molecule has 0 aromatic heterocycles. The van der Waals surface area contributed by atoms with Crippen LogP contribution in [0.1, 0.15) is 66.1 Å². The molecule has 16 rings (SSSR count). The van der Waals surface area contributed by atoms with E-state index in [0.29, 0.717) is 11.4 Å². The Kier molecular flexibility index (Phi) is 32.4. The average molecular weight is 1670 g/mol. The molecule has 1 atom stereocenters. The first kappa shape index (κ1) is 84.8. The number of hydrogen-bond donors (Lipinski definition) is 4. The SMILES string of the molecule is C=Cc1cc(C)c(NC(=O)Nc2cc3ccccc3cc2C(=O)NC(C)(C(=O)O)C2CCCCC2)c(C)c1.[Pd].c1ccc(P(c2ccccc2)c2ccccc2)cc1.c1ccc(P(c2ccccc2)c2ccccc2)cc1.c1ccc(P(c2ccccc2)c2ccccc2)cc1.c1ccc(P(c2ccccc2)c2ccccc2)cc1. The van der Waals surface area contributed by atoms with Gasteiger partial charge in [0, 0.05) is 26.1 Å². The molecule has 0 radical (unpaired) electrons. The number of urea groups is 1. The number of benzene rings is 15. The van der Waals surface area contributed by atoms with Crippen molar-refractivity contribution in [3.63, 3.8) is 0 Å². The molecule has 15 aromatic rings. The minimum atomic E-state index is -1.41. The number of anilines is 2. The third-order valence-electron chi connectivity index (χ3n) is 19.8. The van der Waals surface area contributed by atoms with Crippen LogP contribution in [0.5, 0.6) is 0 Å². The van der Waals surface area contributed by atoms with E-state index in [1.807, 2.05) is 50.2 Å². The van der Waals surface area contributed by atoms with Gasteiger partial charge in [0.05, 0.1) is 11.3 Å². The molecule has 576 valence electrons. The third kappa shape index (κ3) is 23.5. The number of carboxylic acids is 1. The van der Waals surface area contributed by atoms with Crippen LogP contribution in [0.4, 0.5) is 16.2 Å². The van der Waals surface area contributed by atoms with E-state index in [4.69, 9.17) is 0 Å². The van der Waals surface area contributed by atoms with Gasteiger partial charge in [0.15, 0.2) is 0 Å². The molecule has 0 saturated heterocycles. The van der Waals surface area contributed by atoms with Crippen LogP contribution in [0.25, 0.3) is 16.8 Å². The summed E-state index contributed by atoms with van der Waals surface area (Å²) in [4.78, 5) is 39.1. The first-order valence-corrected chi connectivity index (χ1v) is 44.0. The number of carbonyl (C=O) groups excluding carboxylic acids is 2. The molecule has 1 saturated carbocycles. The van der Waals surface area contributed by atoms with Crippen molar-refractivity contribution in [2.75, 3.05) is 10.6 Å². The zero-order chi connectivity index (χ0) is 79.1.